The lowest BCUT2D eigenvalue weighted by atomic mass is 10.4. The van der Waals surface area contributed by atoms with Crippen LogP contribution in [0.5, 0.6) is 0 Å². The summed E-state index contributed by atoms with van der Waals surface area (Å²) in [6.45, 7) is 3.12. The van der Waals surface area contributed by atoms with Gasteiger partial charge in [0.15, 0.2) is 0 Å². The van der Waals surface area contributed by atoms with Crippen LogP contribution < -0.4 is 10.9 Å². The van der Waals surface area contributed by atoms with Gasteiger partial charge in [0, 0.05) is 20.2 Å². The molecule has 2 heterocycles. The van der Waals surface area contributed by atoms with Crippen LogP contribution >= 0.6 is 11.3 Å². The van der Waals surface area contributed by atoms with E-state index < -0.39 is 0 Å². The van der Waals surface area contributed by atoms with E-state index >= 15 is 0 Å². The molecule has 6 heteroatoms. The van der Waals surface area contributed by atoms with E-state index in [0.29, 0.717) is 13.2 Å². The van der Waals surface area contributed by atoms with Crippen LogP contribution in [0.4, 0.5) is 0 Å². The fourth-order valence-electron chi connectivity index (χ4n) is 1.71. The lowest BCUT2D eigenvalue weighted by Gasteiger charge is -2.06. The molecule has 0 radical (unpaired) electrons. The van der Waals surface area contributed by atoms with Crippen molar-refractivity contribution in [3.8, 4) is 0 Å². The van der Waals surface area contributed by atoms with E-state index in [1.807, 2.05) is 11.4 Å². The smallest absolute Gasteiger partial charge is 0.271 e. The Balaban J connectivity index is 1.88. The highest BCUT2D eigenvalue weighted by molar-refractivity contribution is 7.17. The van der Waals surface area contributed by atoms with Crippen molar-refractivity contribution in [2.45, 2.75) is 13.0 Å². The van der Waals surface area contributed by atoms with Crippen LogP contribution in [0.3, 0.4) is 0 Å². The molecule has 0 aliphatic heterocycles. The largest absolute Gasteiger partial charge is 0.383 e. The third-order valence-electron chi connectivity index (χ3n) is 2.67. The molecule has 2 aromatic rings. The molecule has 0 spiro atoms. The first kappa shape index (κ1) is 13.2. The van der Waals surface area contributed by atoms with Crippen molar-refractivity contribution in [2.24, 2.45) is 0 Å². The second-order valence-electron chi connectivity index (χ2n) is 3.97. The molecule has 0 bridgehead atoms. The predicted molar refractivity (Wildman–Crippen MR) is 73.2 cm³/mol. The van der Waals surface area contributed by atoms with E-state index in [1.54, 1.807) is 18.0 Å². The summed E-state index contributed by atoms with van der Waals surface area (Å²) in [5, 5.41) is 5.15. The van der Waals surface area contributed by atoms with Crippen LogP contribution in [0.2, 0.25) is 0 Å². The van der Waals surface area contributed by atoms with E-state index in [9.17, 15) is 4.79 Å². The quantitative estimate of drug-likeness (QED) is 0.763. The third kappa shape index (κ3) is 3.16. The van der Waals surface area contributed by atoms with Crippen LogP contribution in [0, 0.1) is 0 Å². The van der Waals surface area contributed by atoms with Gasteiger partial charge in [-0.05, 0) is 24.4 Å². The SMILES string of the molecule is COCCNCCCn1cnc2ccsc2c1=O. The van der Waals surface area contributed by atoms with Gasteiger partial charge in [-0.1, -0.05) is 0 Å². The molecule has 0 saturated heterocycles. The molecule has 0 saturated carbocycles. The summed E-state index contributed by atoms with van der Waals surface area (Å²) in [6.07, 6.45) is 2.54. The Morgan fingerprint density at radius 1 is 1.50 bits per heavy atom. The van der Waals surface area contributed by atoms with Crippen molar-refractivity contribution in [1.82, 2.24) is 14.9 Å². The lowest BCUT2D eigenvalue weighted by Crippen LogP contribution is -2.24. The predicted octanol–water partition coefficient (Wildman–Crippen LogP) is 1.08. The Morgan fingerprint density at radius 3 is 3.22 bits per heavy atom. The van der Waals surface area contributed by atoms with Crippen LogP contribution in [0.15, 0.2) is 22.6 Å². The number of nitrogens with one attached hydrogen (secondary N) is 1. The number of rotatable bonds is 7. The number of hydrogen-bond acceptors (Lipinski definition) is 5. The highest BCUT2D eigenvalue weighted by atomic mass is 32.1. The van der Waals surface area contributed by atoms with Crippen molar-refractivity contribution >= 4 is 21.6 Å². The topological polar surface area (TPSA) is 56.1 Å². The summed E-state index contributed by atoms with van der Waals surface area (Å²) < 4.78 is 7.36. The van der Waals surface area contributed by atoms with Crippen molar-refractivity contribution in [2.75, 3.05) is 26.8 Å². The maximum absolute atomic E-state index is 12.0. The summed E-state index contributed by atoms with van der Waals surface area (Å²) >= 11 is 1.45. The van der Waals surface area contributed by atoms with E-state index in [2.05, 4.69) is 10.3 Å². The van der Waals surface area contributed by atoms with Crippen LogP contribution in [0.25, 0.3) is 10.2 Å². The highest BCUT2D eigenvalue weighted by Gasteiger charge is 2.04. The van der Waals surface area contributed by atoms with E-state index in [4.69, 9.17) is 4.74 Å². The molecule has 0 atom stereocenters. The minimum absolute atomic E-state index is 0.0619. The molecular formula is C12H17N3O2S. The number of hydrogen-bond donors (Lipinski definition) is 1. The number of aromatic nitrogens is 2. The van der Waals surface area contributed by atoms with Crippen LogP contribution in [0.1, 0.15) is 6.42 Å². The number of nitrogens with zero attached hydrogens (tertiary/aromatic N) is 2. The van der Waals surface area contributed by atoms with Gasteiger partial charge in [0.2, 0.25) is 0 Å². The minimum Gasteiger partial charge on any atom is -0.383 e. The fourth-order valence-corrected chi connectivity index (χ4v) is 2.50. The number of ether oxygens (including phenoxy) is 1. The normalized spacial score (nSPS) is 11.2. The fraction of sp³-hybridized carbons (Fsp3) is 0.500. The highest BCUT2D eigenvalue weighted by Crippen LogP contribution is 2.12. The first-order valence-electron chi connectivity index (χ1n) is 5.95. The van der Waals surface area contributed by atoms with Crippen LogP contribution in [-0.2, 0) is 11.3 Å². The summed E-state index contributed by atoms with van der Waals surface area (Å²) in [5.74, 6) is 0. The van der Waals surface area contributed by atoms with Crippen molar-refractivity contribution in [1.29, 1.82) is 0 Å². The molecular weight excluding hydrogens is 250 g/mol. The molecule has 18 heavy (non-hydrogen) atoms. The minimum atomic E-state index is 0.0619. The number of thiophene rings is 1. The van der Waals surface area contributed by atoms with Gasteiger partial charge in [-0.15, -0.1) is 11.3 Å². The average Bonchev–Trinajstić information content (AvgIpc) is 2.85. The van der Waals surface area contributed by atoms with Gasteiger partial charge in [0.05, 0.1) is 18.5 Å². The zero-order chi connectivity index (χ0) is 12.8. The second kappa shape index (κ2) is 6.63. The third-order valence-corrected chi connectivity index (χ3v) is 3.56. The second-order valence-corrected chi connectivity index (χ2v) is 4.89. The monoisotopic (exact) mass is 267 g/mol. The van der Waals surface area contributed by atoms with Crippen molar-refractivity contribution in [3.63, 3.8) is 0 Å². The van der Waals surface area contributed by atoms with Gasteiger partial charge in [-0.25, -0.2) is 4.98 Å². The molecule has 5 nitrogen and oxygen atoms in total. The standard InChI is InChI=1S/C12H17N3O2S/c1-17-7-5-13-4-2-6-15-9-14-10-3-8-18-11(10)12(15)16/h3,8-9,13H,2,4-7H2,1H3. The first-order valence-corrected chi connectivity index (χ1v) is 6.83. The molecule has 2 aromatic heterocycles. The number of methoxy groups -OCH3 is 1. The molecule has 1 N–H and O–H groups in total. The van der Waals surface area contributed by atoms with Gasteiger partial charge >= 0.3 is 0 Å². The van der Waals surface area contributed by atoms with E-state index in [-0.39, 0.29) is 5.56 Å². The van der Waals surface area contributed by atoms with E-state index in [0.717, 1.165) is 29.7 Å². The molecule has 0 unspecified atom stereocenters. The van der Waals surface area contributed by atoms with Gasteiger partial charge < -0.3 is 10.1 Å². The molecule has 2 rings (SSSR count). The van der Waals surface area contributed by atoms with Crippen molar-refractivity contribution in [3.05, 3.63) is 28.1 Å². The number of aryl methyl sites for hydroxylation is 1. The molecule has 0 aliphatic carbocycles. The first-order chi connectivity index (χ1) is 8.83. The summed E-state index contributed by atoms with van der Waals surface area (Å²) in [4.78, 5) is 16.3. The Kier molecular flexibility index (Phi) is 4.86. The molecule has 0 aliphatic rings. The Hall–Kier alpha value is -1.24. The van der Waals surface area contributed by atoms with Gasteiger partial charge in [-0.3, -0.25) is 9.36 Å². The average molecular weight is 267 g/mol. The summed E-state index contributed by atoms with van der Waals surface area (Å²) in [7, 11) is 1.68. The zero-order valence-electron chi connectivity index (χ0n) is 10.4. The Labute approximate surface area is 109 Å². The summed E-state index contributed by atoms with van der Waals surface area (Å²) in [6, 6.07) is 1.87. The maximum Gasteiger partial charge on any atom is 0.271 e. The van der Waals surface area contributed by atoms with E-state index in [1.165, 1.54) is 11.3 Å². The van der Waals surface area contributed by atoms with Gasteiger partial charge in [-0.2, -0.15) is 0 Å². The molecule has 0 aromatic carbocycles. The van der Waals surface area contributed by atoms with Crippen LogP contribution in [-0.4, -0.2) is 36.4 Å². The zero-order valence-corrected chi connectivity index (χ0v) is 11.2. The Bertz CT molecular complexity index is 549. The van der Waals surface area contributed by atoms with Crippen molar-refractivity contribution < 1.29 is 4.74 Å². The van der Waals surface area contributed by atoms with Gasteiger partial charge in [0.1, 0.15) is 4.70 Å². The van der Waals surface area contributed by atoms with Gasteiger partial charge in [0.25, 0.3) is 5.56 Å². The lowest BCUT2D eigenvalue weighted by molar-refractivity contribution is 0.199. The molecule has 98 valence electrons. The molecule has 0 amide bonds. The summed E-state index contributed by atoms with van der Waals surface area (Å²) in [5.41, 5.74) is 0.853. The Morgan fingerprint density at radius 2 is 2.39 bits per heavy atom. The molecule has 0 fully saturated rings. The maximum atomic E-state index is 12.0. The number of fused-ring (bicyclic) bond motifs is 1.